The molecular formula is C16H18N4O2S. The number of hydrazone groups is 1. The Balaban J connectivity index is 1.92. The fraction of sp³-hybridized carbons (Fsp3) is 0.250. The maximum atomic E-state index is 11.8. The van der Waals surface area contributed by atoms with Crippen molar-refractivity contribution in [1.82, 2.24) is 15.4 Å². The van der Waals surface area contributed by atoms with Crippen LogP contribution in [0.25, 0.3) is 0 Å². The van der Waals surface area contributed by atoms with E-state index in [1.165, 1.54) is 11.8 Å². The molecule has 6 nitrogen and oxygen atoms in total. The van der Waals surface area contributed by atoms with E-state index in [4.69, 9.17) is 0 Å². The maximum Gasteiger partial charge on any atom is 0.250 e. The van der Waals surface area contributed by atoms with Gasteiger partial charge in [0.2, 0.25) is 0 Å². The van der Waals surface area contributed by atoms with Gasteiger partial charge >= 0.3 is 0 Å². The van der Waals surface area contributed by atoms with Crippen LogP contribution in [0, 0.1) is 13.8 Å². The molecule has 0 aliphatic heterocycles. The predicted octanol–water partition coefficient (Wildman–Crippen LogP) is 2.43. The minimum atomic E-state index is -0.257. The van der Waals surface area contributed by atoms with Crippen molar-refractivity contribution in [3.05, 3.63) is 47.3 Å². The van der Waals surface area contributed by atoms with Gasteiger partial charge in [-0.15, -0.1) is 0 Å². The predicted molar refractivity (Wildman–Crippen MR) is 90.7 cm³/mol. The average Bonchev–Trinajstić information content (AvgIpc) is 2.50. The van der Waals surface area contributed by atoms with Gasteiger partial charge in [-0.1, -0.05) is 23.9 Å². The molecule has 0 radical (unpaired) electrons. The lowest BCUT2D eigenvalue weighted by Crippen LogP contribution is -2.21. The molecular weight excluding hydrogens is 312 g/mol. The second-order valence-electron chi connectivity index (χ2n) is 4.97. The summed E-state index contributed by atoms with van der Waals surface area (Å²) in [6, 6.07) is 8.71. The Morgan fingerprint density at radius 3 is 2.57 bits per heavy atom. The van der Waals surface area contributed by atoms with Crippen LogP contribution in [0.3, 0.4) is 0 Å². The standard InChI is InChI=1S/C16H18N4O2S/c1-10-8-11(2)18-16(17-10)23-9-15(22)20-19-12(3)13-6-4-5-7-14(13)21/h4-8,21H,9H2,1-3H3,(H,20,22)/b19-12+. The summed E-state index contributed by atoms with van der Waals surface area (Å²) >= 11 is 1.25. The number of aromatic hydroxyl groups is 1. The molecule has 2 aromatic rings. The van der Waals surface area contributed by atoms with Gasteiger partial charge in [0.15, 0.2) is 5.16 Å². The van der Waals surface area contributed by atoms with E-state index < -0.39 is 0 Å². The van der Waals surface area contributed by atoms with Gasteiger partial charge in [0, 0.05) is 17.0 Å². The molecule has 23 heavy (non-hydrogen) atoms. The SMILES string of the molecule is C/C(=N\NC(=O)CSc1nc(C)cc(C)n1)c1ccccc1O. The van der Waals surface area contributed by atoms with Gasteiger partial charge in [-0.3, -0.25) is 4.79 Å². The second kappa shape index (κ2) is 7.73. The van der Waals surface area contributed by atoms with Crippen molar-refractivity contribution in [2.24, 2.45) is 5.10 Å². The molecule has 0 aliphatic carbocycles. The maximum absolute atomic E-state index is 11.8. The van der Waals surface area contributed by atoms with Crippen LogP contribution in [0.4, 0.5) is 0 Å². The minimum Gasteiger partial charge on any atom is -0.507 e. The third-order valence-corrected chi connectivity index (χ3v) is 3.78. The zero-order valence-electron chi connectivity index (χ0n) is 13.2. The number of thioether (sulfide) groups is 1. The molecule has 0 bridgehead atoms. The molecule has 2 N–H and O–H groups in total. The Labute approximate surface area is 139 Å². The Morgan fingerprint density at radius 1 is 1.26 bits per heavy atom. The number of rotatable bonds is 5. The van der Waals surface area contributed by atoms with E-state index in [9.17, 15) is 9.90 Å². The lowest BCUT2D eigenvalue weighted by atomic mass is 10.1. The number of nitrogens with one attached hydrogen (secondary N) is 1. The number of para-hydroxylation sites is 1. The summed E-state index contributed by atoms with van der Waals surface area (Å²) in [5, 5.41) is 14.3. The Morgan fingerprint density at radius 2 is 1.91 bits per heavy atom. The van der Waals surface area contributed by atoms with Crippen molar-refractivity contribution >= 4 is 23.4 Å². The Hall–Kier alpha value is -2.41. The lowest BCUT2D eigenvalue weighted by molar-refractivity contribution is -0.118. The summed E-state index contributed by atoms with van der Waals surface area (Å²) in [7, 11) is 0. The third kappa shape index (κ3) is 5.07. The normalized spacial score (nSPS) is 11.3. The van der Waals surface area contributed by atoms with E-state index >= 15 is 0 Å². The highest BCUT2D eigenvalue weighted by atomic mass is 32.2. The van der Waals surface area contributed by atoms with E-state index in [1.54, 1.807) is 31.2 Å². The minimum absolute atomic E-state index is 0.126. The van der Waals surface area contributed by atoms with E-state index in [2.05, 4.69) is 20.5 Å². The van der Waals surface area contributed by atoms with Crippen molar-refractivity contribution in [2.75, 3.05) is 5.75 Å². The first-order chi connectivity index (χ1) is 11.0. The molecule has 120 valence electrons. The third-order valence-electron chi connectivity index (χ3n) is 2.94. The molecule has 0 saturated heterocycles. The molecule has 7 heteroatoms. The second-order valence-corrected chi connectivity index (χ2v) is 5.91. The van der Waals surface area contributed by atoms with E-state index in [1.807, 2.05) is 19.9 Å². The summed E-state index contributed by atoms with van der Waals surface area (Å²) in [6.07, 6.45) is 0. The van der Waals surface area contributed by atoms with Crippen molar-refractivity contribution in [2.45, 2.75) is 25.9 Å². The Bertz CT molecular complexity index is 726. The smallest absolute Gasteiger partial charge is 0.250 e. The van der Waals surface area contributed by atoms with E-state index in [0.717, 1.165) is 11.4 Å². The Kier molecular flexibility index (Phi) is 5.70. The molecule has 0 spiro atoms. The zero-order chi connectivity index (χ0) is 16.8. The van der Waals surface area contributed by atoms with Crippen LogP contribution in [0.15, 0.2) is 40.6 Å². The molecule has 0 unspecified atom stereocenters. The van der Waals surface area contributed by atoms with Crippen LogP contribution in [0.5, 0.6) is 5.75 Å². The number of carbonyl (C=O) groups is 1. The zero-order valence-corrected chi connectivity index (χ0v) is 14.0. The van der Waals surface area contributed by atoms with Crippen LogP contribution >= 0.6 is 11.8 Å². The van der Waals surface area contributed by atoms with Gasteiger partial charge in [-0.25, -0.2) is 15.4 Å². The summed E-state index contributed by atoms with van der Waals surface area (Å²) in [5.41, 5.74) is 5.32. The van der Waals surface area contributed by atoms with Gasteiger partial charge in [0.25, 0.3) is 5.91 Å². The number of amides is 1. The molecule has 1 amide bonds. The summed E-state index contributed by atoms with van der Waals surface area (Å²) in [4.78, 5) is 20.4. The molecule has 2 rings (SSSR count). The van der Waals surface area contributed by atoms with Gasteiger partial charge < -0.3 is 5.11 Å². The van der Waals surface area contributed by atoms with Gasteiger partial charge in [-0.2, -0.15) is 5.10 Å². The van der Waals surface area contributed by atoms with Crippen LogP contribution < -0.4 is 5.43 Å². The molecule has 0 fully saturated rings. The summed E-state index contributed by atoms with van der Waals surface area (Å²) < 4.78 is 0. The highest BCUT2D eigenvalue weighted by Gasteiger charge is 2.07. The quantitative estimate of drug-likeness (QED) is 0.380. The highest BCUT2D eigenvalue weighted by Crippen LogP contribution is 2.16. The number of nitrogens with zero attached hydrogens (tertiary/aromatic N) is 3. The first-order valence-electron chi connectivity index (χ1n) is 7.02. The molecule has 0 atom stereocenters. The molecule has 1 aromatic heterocycles. The van der Waals surface area contributed by atoms with E-state index in [0.29, 0.717) is 16.4 Å². The van der Waals surface area contributed by atoms with E-state index in [-0.39, 0.29) is 17.4 Å². The van der Waals surface area contributed by atoms with Gasteiger partial charge in [0.05, 0.1) is 11.5 Å². The average molecular weight is 330 g/mol. The molecule has 1 aromatic carbocycles. The van der Waals surface area contributed by atoms with Crippen LogP contribution in [0.1, 0.15) is 23.9 Å². The molecule has 1 heterocycles. The number of hydrogen-bond donors (Lipinski definition) is 2. The first kappa shape index (κ1) is 17.0. The van der Waals surface area contributed by atoms with Crippen molar-refractivity contribution < 1.29 is 9.90 Å². The van der Waals surface area contributed by atoms with Crippen molar-refractivity contribution in [3.63, 3.8) is 0 Å². The fourth-order valence-electron chi connectivity index (χ4n) is 1.91. The van der Waals surface area contributed by atoms with Crippen molar-refractivity contribution in [3.8, 4) is 5.75 Å². The topological polar surface area (TPSA) is 87.5 Å². The number of phenolic OH excluding ortho intramolecular Hbond substituents is 1. The largest absolute Gasteiger partial charge is 0.507 e. The fourth-order valence-corrected chi connectivity index (χ4v) is 2.65. The van der Waals surface area contributed by atoms with Crippen molar-refractivity contribution in [1.29, 1.82) is 0 Å². The van der Waals surface area contributed by atoms with Gasteiger partial charge in [0.1, 0.15) is 5.75 Å². The monoisotopic (exact) mass is 330 g/mol. The highest BCUT2D eigenvalue weighted by molar-refractivity contribution is 7.99. The number of carbonyl (C=O) groups excluding carboxylic acids is 1. The van der Waals surface area contributed by atoms with Gasteiger partial charge in [-0.05, 0) is 39.0 Å². The first-order valence-corrected chi connectivity index (χ1v) is 8.01. The molecule has 0 saturated carbocycles. The number of aryl methyl sites for hydroxylation is 2. The van der Waals surface area contributed by atoms with Crippen LogP contribution in [0.2, 0.25) is 0 Å². The molecule has 0 aliphatic rings. The number of hydrogen-bond acceptors (Lipinski definition) is 6. The van der Waals surface area contributed by atoms with Crippen LogP contribution in [-0.4, -0.2) is 32.4 Å². The number of benzene rings is 1. The lowest BCUT2D eigenvalue weighted by Gasteiger charge is -2.05. The summed E-state index contributed by atoms with van der Waals surface area (Å²) in [5.74, 6) is 0.0361. The summed E-state index contributed by atoms with van der Waals surface area (Å²) in [6.45, 7) is 5.49. The number of phenols is 1. The van der Waals surface area contributed by atoms with Crippen LogP contribution in [-0.2, 0) is 4.79 Å². The number of aromatic nitrogens is 2.